The maximum Gasteiger partial charge on any atom is 0.293 e. The van der Waals surface area contributed by atoms with Gasteiger partial charge in [-0.3, -0.25) is 14.9 Å². The van der Waals surface area contributed by atoms with E-state index in [1.165, 1.54) is 6.07 Å². The molecule has 0 aliphatic carbocycles. The van der Waals surface area contributed by atoms with Crippen molar-refractivity contribution in [3.63, 3.8) is 0 Å². The summed E-state index contributed by atoms with van der Waals surface area (Å²) < 4.78 is 5.20. The summed E-state index contributed by atoms with van der Waals surface area (Å²) in [4.78, 5) is 22.3. The van der Waals surface area contributed by atoms with E-state index in [9.17, 15) is 14.9 Å². The molecule has 0 spiro atoms. The Morgan fingerprint density at radius 1 is 1.38 bits per heavy atom. The highest BCUT2D eigenvalue weighted by Crippen LogP contribution is 2.25. The maximum absolute atomic E-state index is 11.7. The molecular formula is C14H21N3O4. The summed E-state index contributed by atoms with van der Waals surface area (Å²) in [6.07, 6.45) is 0.753. The Hall–Kier alpha value is -2.15. The van der Waals surface area contributed by atoms with E-state index in [2.05, 4.69) is 10.6 Å². The molecule has 1 aromatic rings. The van der Waals surface area contributed by atoms with Crippen LogP contribution in [0.15, 0.2) is 18.2 Å². The van der Waals surface area contributed by atoms with Gasteiger partial charge in [0.25, 0.3) is 11.6 Å². The third-order valence-electron chi connectivity index (χ3n) is 2.78. The Labute approximate surface area is 123 Å². The number of benzene rings is 1. The molecule has 0 saturated heterocycles. The Bertz CT molecular complexity index is 491. The molecule has 7 heteroatoms. The Balaban J connectivity index is 2.75. The topological polar surface area (TPSA) is 93.5 Å². The average Bonchev–Trinajstić information content (AvgIpc) is 2.47. The predicted octanol–water partition coefficient (Wildman–Crippen LogP) is 2.18. The molecule has 0 radical (unpaired) electrons. The fourth-order valence-electron chi connectivity index (χ4n) is 1.78. The van der Waals surface area contributed by atoms with Crippen LogP contribution in [0.2, 0.25) is 0 Å². The van der Waals surface area contributed by atoms with Gasteiger partial charge in [-0.2, -0.15) is 0 Å². The molecule has 1 rings (SSSR count). The number of anilines is 1. The second-order valence-electron chi connectivity index (χ2n) is 4.33. The number of hydrogen-bond acceptors (Lipinski definition) is 5. The normalized spacial score (nSPS) is 10.2. The summed E-state index contributed by atoms with van der Waals surface area (Å²) in [5.74, 6) is -0.316. The van der Waals surface area contributed by atoms with E-state index in [1.54, 1.807) is 19.1 Å². The van der Waals surface area contributed by atoms with Crippen LogP contribution in [0.5, 0.6) is 0 Å². The molecule has 116 valence electrons. The maximum atomic E-state index is 11.7. The largest absolute Gasteiger partial charge is 0.382 e. The molecule has 0 saturated carbocycles. The Kier molecular flexibility index (Phi) is 7.17. The van der Waals surface area contributed by atoms with Crippen LogP contribution >= 0.6 is 0 Å². The summed E-state index contributed by atoms with van der Waals surface area (Å²) in [5.41, 5.74) is 0.586. The zero-order chi connectivity index (χ0) is 15.7. The van der Waals surface area contributed by atoms with E-state index < -0.39 is 4.92 Å². The summed E-state index contributed by atoms with van der Waals surface area (Å²) in [6, 6.07) is 4.42. The average molecular weight is 295 g/mol. The highest BCUT2D eigenvalue weighted by Gasteiger charge is 2.16. The highest BCUT2D eigenvalue weighted by molar-refractivity contribution is 5.95. The number of carbonyl (C=O) groups excluding carboxylic acids is 1. The first-order valence-corrected chi connectivity index (χ1v) is 6.98. The molecule has 1 amide bonds. The molecule has 0 heterocycles. The molecule has 0 unspecified atom stereocenters. The lowest BCUT2D eigenvalue weighted by molar-refractivity contribution is -0.384. The van der Waals surface area contributed by atoms with Gasteiger partial charge in [0, 0.05) is 37.9 Å². The number of rotatable bonds is 9. The van der Waals surface area contributed by atoms with Gasteiger partial charge in [0.1, 0.15) is 5.69 Å². The van der Waals surface area contributed by atoms with Crippen LogP contribution in [0, 0.1) is 10.1 Å². The van der Waals surface area contributed by atoms with Gasteiger partial charge in [0.2, 0.25) is 0 Å². The van der Waals surface area contributed by atoms with Gasteiger partial charge in [-0.25, -0.2) is 0 Å². The quantitative estimate of drug-likeness (QED) is 0.414. The van der Waals surface area contributed by atoms with Crippen molar-refractivity contribution < 1.29 is 14.5 Å². The molecule has 0 aliphatic rings. The first kappa shape index (κ1) is 16.9. The van der Waals surface area contributed by atoms with Crippen molar-refractivity contribution in [3.05, 3.63) is 33.9 Å². The summed E-state index contributed by atoms with van der Waals surface area (Å²) in [6.45, 7) is 6.01. The number of amides is 1. The van der Waals surface area contributed by atoms with E-state index in [-0.39, 0.29) is 17.2 Å². The van der Waals surface area contributed by atoms with Crippen LogP contribution in [0.4, 0.5) is 11.4 Å². The molecule has 0 aromatic heterocycles. The van der Waals surface area contributed by atoms with E-state index in [1.807, 2.05) is 6.92 Å². The molecule has 0 atom stereocenters. The van der Waals surface area contributed by atoms with E-state index in [0.29, 0.717) is 32.0 Å². The van der Waals surface area contributed by atoms with Crippen LogP contribution in [-0.4, -0.2) is 37.1 Å². The zero-order valence-electron chi connectivity index (χ0n) is 12.3. The van der Waals surface area contributed by atoms with Crippen LogP contribution < -0.4 is 10.6 Å². The van der Waals surface area contributed by atoms with E-state index in [4.69, 9.17) is 4.74 Å². The van der Waals surface area contributed by atoms with Crippen LogP contribution in [0.3, 0.4) is 0 Å². The lowest BCUT2D eigenvalue weighted by Gasteiger charge is -2.09. The van der Waals surface area contributed by atoms with Crippen molar-refractivity contribution in [2.75, 3.05) is 31.6 Å². The minimum atomic E-state index is -0.492. The van der Waals surface area contributed by atoms with Gasteiger partial charge in [-0.05, 0) is 32.4 Å². The first-order chi connectivity index (χ1) is 10.1. The number of hydrogen-bond donors (Lipinski definition) is 2. The fourth-order valence-corrected chi connectivity index (χ4v) is 1.78. The van der Waals surface area contributed by atoms with Crippen molar-refractivity contribution in [3.8, 4) is 0 Å². The molecule has 2 N–H and O–H groups in total. The SMILES string of the molecule is CCNC(=O)c1ccc(NCCCOCC)c([N+](=O)[O-])c1. The van der Waals surface area contributed by atoms with Gasteiger partial charge in [0.15, 0.2) is 0 Å². The predicted molar refractivity (Wildman–Crippen MR) is 80.7 cm³/mol. The van der Waals surface area contributed by atoms with Crippen molar-refractivity contribution in [2.45, 2.75) is 20.3 Å². The molecule has 0 aliphatic heterocycles. The smallest absolute Gasteiger partial charge is 0.293 e. The van der Waals surface area contributed by atoms with Gasteiger partial charge < -0.3 is 15.4 Å². The third-order valence-corrected chi connectivity index (χ3v) is 2.78. The monoisotopic (exact) mass is 295 g/mol. The lowest BCUT2D eigenvalue weighted by atomic mass is 10.1. The number of nitro benzene ring substituents is 1. The standard InChI is InChI=1S/C14H21N3O4/c1-3-15-14(18)11-6-7-12(13(10-11)17(19)20)16-8-5-9-21-4-2/h6-7,10,16H,3-5,8-9H2,1-2H3,(H,15,18). The molecule has 21 heavy (non-hydrogen) atoms. The number of nitrogens with zero attached hydrogens (tertiary/aromatic N) is 1. The fraction of sp³-hybridized carbons (Fsp3) is 0.500. The number of ether oxygens (including phenoxy) is 1. The van der Waals surface area contributed by atoms with Crippen molar-refractivity contribution in [1.29, 1.82) is 0 Å². The van der Waals surface area contributed by atoms with Gasteiger partial charge in [0.05, 0.1) is 4.92 Å². The van der Waals surface area contributed by atoms with Gasteiger partial charge in [-0.1, -0.05) is 0 Å². The zero-order valence-corrected chi connectivity index (χ0v) is 12.3. The minimum absolute atomic E-state index is 0.102. The van der Waals surface area contributed by atoms with Crippen molar-refractivity contribution >= 4 is 17.3 Å². The number of carbonyl (C=O) groups is 1. The summed E-state index contributed by atoms with van der Waals surface area (Å²) >= 11 is 0. The first-order valence-electron chi connectivity index (χ1n) is 6.98. The third kappa shape index (κ3) is 5.39. The second kappa shape index (κ2) is 8.91. The summed E-state index contributed by atoms with van der Waals surface area (Å²) in [7, 11) is 0. The molecule has 0 bridgehead atoms. The van der Waals surface area contributed by atoms with Crippen LogP contribution in [0.25, 0.3) is 0 Å². The number of nitrogens with one attached hydrogen (secondary N) is 2. The second-order valence-corrected chi connectivity index (χ2v) is 4.33. The number of nitro groups is 1. The Morgan fingerprint density at radius 2 is 2.14 bits per heavy atom. The molecular weight excluding hydrogens is 274 g/mol. The van der Waals surface area contributed by atoms with Gasteiger partial charge >= 0.3 is 0 Å². The van der Waals surface area contributed by atoms with Crippen LogP contribution in [-0.2, 0) is 4.74 Å². The lowest BCUT2D eigenvalue weighted by Crippen LogP contribution is -2.22. The van der Waals surface area contributed by atoms with Crippen molar-refractivity contribution in [2.24, 2.45) is 0 Å². The summed E-state index contributed by atoms with van der Waals surface area (Å²) in [5, 5.41) is 16.7. The molecule has 0 fully saturated rings. The van der Waals surface area contributed by atoms with E-state index in [0.717, 1.165) is 6.42 Å². The Morgan fingerprint density at radius 3 is 2.76 bits per heavy atom. The molecule has 7 nitrogen and oxygen atoms in total. The van der Waals surface area contributed by atoms with Crippen LogP contribution in [0.1, 0.15) is 30.6 Å². The minimum Gasteiger partial charge on any atom is -0.382 e. The van der Waals surface area contributed by atoms with Crippen molar-refractivity contribution in [1.82, 2.24) is 5.32 Å². The van der Waals surface area contributed by atoms with Gasteiger partial charge in [-0.15, -0.1) is 0 Å². The highest BCUT2D eigenvalue weighted by atomic mass is 16.6. The van der Waals surface area contributed by atoms with E-state index >= 15 is 0 Å². The molecule has 1 aromatic carbocycles.